The molecule has 1 aliphatic rings. The monoisotopic (exact) mass is 285 g/mol. The number of amides is 1. The van der Waals surface area contributed by atoms with Crippen molar-refractivity contribution in [3.8, 4) is 0 Å². The second-order valence-electron chi connectivity index (χ2n) is 6.44. The van der Waals surface area contributed by atoms with E-state index in [4.69, 9.17) is 0 Å². The molecule has 0 spiro atoms. The lowest BCUT2D eigenvalue weighted by atomic mass is 9.87. The Balaban J connectivity index is 1.74. The van der Waals surface area contributed by atoms with E-state index in [9.17, 15) is 4.79 Å². The van der Waals surface area contributed by atoms with Gasteiger partial charge >= 0.3 is 0 Å². The van der Waals surface area contributed by atoms with Gasteiger partial charge in [-0.1, -0.05) is 42.8 Å². The third-order valence-corrected chi connectivity index (χ3v) is 4.39. The molecule has 0 radical (unpaired) electrons. The highest BCUT2D eigenvalue weighted by molar-refractivity contribution is 5.88. The van der Waals surface area contributed by atoms with E-state index < -0.39 is 0 Å². The van der Waals surface area contributed by atoms with Gasteiger partial charge in [0.2, 0.25) is 5.91 Å². The van der Waals surface area contributed by atoms with E-state index >= 15 is 0 Å². The molecule has 0 aromatic heterocycles. The molecule has 0 atom stereocenters. The minimum Gasteiger partial charge on any atom is -0.350 e. The van der Waals surface area contributed by atoms with Crippen LogP contribution in [0.4, 0.5) is 0 Å². The first-order chi connectivity index (χ1) is 10.1. The van der Waals surface area contributed by atoms with Crippen LogP contribution in [0.25, 0.3) is 0 Å². The summed E-state index contributed by atoms with van der Waals surface area (Å²) in [4.78, 5) is 12.0. The molecule has 0 aliphatic heterocycles. The lowest BCUT2D eigenvalue weighted by molar-refractivity contribution is -0.117. The standard InChI is InChI=1S/C19H27NO/c1-15-9-12-18(13-10-15)20-19(21)14-16(2)8-11-17-6-4-3-5-7-17/h3-7,14-15,18H,8-13H2,1-2H3,(H,20,21)/b16-14-. The molecule has 21 heavy (non-hydrogen) atoms. The first-order valence-corrected chi connectivity index (χ1v) is 8.15. The van der Waals surface area contributed by atoms with Crippen LogP contribution in [0.15, 0.2) is 42.0 Å². The van der Waals surface area contributed by atoms with E-state index in [0.29, 0.717) is 6.04 Å². The molecular weight excluding hydrogens is 258 g/mol. The smallest absolute Gasteiger partial charge is 0.244 e. The van der Waals surface area contributed by atoms with Crippen LogP contribution in [0.3, 0.4) is 0 Å². The number of allylic oxidation sites excluding steroid dienone is 1. The van der Waals surface area contributed by atoms with Gasteiger partial charge in [-0.05, 0) is 56.9 Å². The Morgan fingerprint density at radius 3 is 2.52 bits per heavy atom. The van der Waals surface area contributed by atoms with E-state index in [0.717, 1.165) is 37.2 Å². The minimum absolute atomic E-state index is 0.0834. The molecule has 1 N–H and O–H groups in total. The Bertz CT molecular complexity index is 470. The minimum atomic E-state index is 0.0834. The molecule has 1 saturated carbocycles. The van der Waals surface area contributed by atoms with Gasteiger partial charge in [0.05, 0.1) is 0 Å². The highest BCUT2D eigenvalue weighted by atomic mass is 16.1. The highest BCUT2D eigenvalue weighted by Crippen LogP contribution is 2.23. The average molecular weight is 285 g/mol. The quantitative estimate of drug-likeness (QED) is 0.805. The molecule has 0 heterocycles. The summed E-state index contributed by atoms with van der Waals surface area (Å²) in [5.74, 6) is 0.904. The maximum Gasteiger partial charge on any atom is 0.244 e. The molecule has 1 aromatic carbocycles. The fourth-order valence-corrected chi connectivity index (χ4v) is 2.93. The second-order valence-corrected chi connectivity index (χ2v) is 6.44. The zero-order chi connectivity index (χ0) is 15.1. The molecule has 1 aromatic rings. The first kappa shape index (κ1) is 15.8. The number of hydrogen-bond acceptors (Lipinski definition) is 1. The molecule has 2 rings (SSSR count). The second kappa shape index (κ2) is 8.02. The summed E-state index contributed by atoms with van der Waals surface area (Å²) in [7, 11) is 0. The van der Waals surface area contributed by atoms with Gasteiger partial charge in [-0.2, -0.15) is 0 Å². The van der Waals surface area contributed by atoms with E-state index in [-0.39, 0.29) is 5.91 Å². The molecule has 0 saturated heterocycles. The molecule has 1 aliphatic carbocycles. The topological polar surface area (TPSA) is 29.1 Å². The maximum atomic E-state index is 12.0. The molecule has 1 amide bonds. The highest BCUT2D eigenvalue weighted by Gasteiger charge is 2.18. The zero-order valence-corrected chi connectivity index (χ0v) is 13.3. The fraction of sp³-hybridized carbons (Fsp3) is 0.526. The van der Waals surface area contributed by atoms with Gasteiger partial charge in [-0.25, -0.2) is 0 Å². The van der Waals surface area contributed by atoms with Crippen LogP contribution in [-0.2, 0) is 11.2 Å². The molecule has 0 unspecified atom stereocenters. The third-order valence-electron chi connectivity index (χ3n) is 4.39. The number of rotatable bonds is 5. The summed E-state index contributed by atoms with van der Waals surface area (Å²) in [5, 5.41) is 3.15. The number of hydrogen-bond donors (Lipinski definition) is 1. The normalized spacial score (nSPS) is 22.9. The van der Waals surface area contributed by atoms with Crippen molar-refractivity contribution >= 4 is 5.91 Å². The van der Waals surface area contributed by atoms with E-state index in [2.05, 4.69) is 36.5 Å². The van der Waals surface area contributed by atoms with Gasteiger partial charge in [-0.15, -0.1) is 0 Å². The molecule has 2 nitrogen and oxygen atoms in total. The van der Waals surface area contributed by atoms with Crippen LogP contribution in [0.2, 0.25) is 0 Å². The van der Waals surface area contributed by atoms with E-state index in [1.54, 1.807) is 6.08 Å². The Morgan fingerprint density at radius 2 is 1.86 bits per heavy atom. The third kappa shape index (κ3) is 5.74. The van der Waals surface area contributed by atoms with Crippen LogP contribution in [0.5, 0.6) is 0 Å². The summed E-state index contributed by atoms with van der Waals surface area (Å²) >= 11 is 0. The van der Waals surface area contributed by atoms with Gasteiger partial charge in [0, 0.05) is 12.1 Å². The van der Waals surface area contributed by atoms with Gasteiger partial charge in [-0.3, -0.25) is 4.79 Å². The Hall–Kier alpha value is -1.57. The number of carbonyl (C=O) groups is 1. The Morgan fingerprint density at radius 1 is 1.19 bits per heavy atom. The van der Waals surface area contributed by atoms with Crippen molar-refractivity contribution in [2.75, 3.05) is 0 Å². The predicted molar refractivity (Wildman–Crippen MR) is 88.1 cm³/mol. The SMILES string of the molecule is C/C(=C/C(=O)NC1CCC(C)CC1)CCc1ccccc1. The lowest BCUT2D eigenvalue weighted by Gasteiger charge is -2.26. The number of nitrogens with one attached hydrogen (secondary N) is 1. The van der Waals surface area contributed by atoms with Gasteiger partial charge < -0.3 is 5.32 Å². The lowest BCUT2D eigenvalue weighted by Crippen LogP contribution is -2.36. The van der Waals surface area contributed by atoms with E-state index in [1.165, 1.54) is 18.4 Å². The van der Waals surface area contributed by atoms with Gasteiger partial charge in [0.1, 0.15) is 0 Å². The molecule has 1 fully saturated rings. The molecule has 0 bridgehead atoms. The van der Waals surface area contributed by atoms with Crippen molar-refractivity contribution in [2.45, 2.75) is 58.4 Å². The largest absolute Gasteiger partial charge is 0.350 e. The number of aryl methyl sites for hydroxylation is 1. The first-order valence-electron chi connectivity index (χ1n) is 8.15. The maximum absolute atomic E-state index is 12.0. The van der Waals surface area contributed by atoms with Crippen molar-refractivity contribution in [3.05, 3.63) is 47.5 Å². The fourth-order valence-electron chi connectivity index (χ4n) is 2.93. The van der Waals surface area contributed by atoms with Crippen molar-refractivity contribution in [3.63, 3.8) is 0 Å². The molecule has 2 heteroatoms. The molecular formula is C19H27NO. The van der Waals surface area contributed by atoms with Crippen molar-refractivity contribution in [1.29, 1.82) is 0 Å². The van der Waals surface area contributed by atoms with Crippen molar-refractivity contribution in [1.82, 2.24) is 5.32 Å². The van der Waals surface area contributed by atoms with Crippen molar-refractivity contribution in [2.24, 2.45) is 5.92 Å². The summed E-state index contributed by atoms with van der Waals surface area (Å²) in [6.45, 7) is 4.34. The average Bonchev–Trinajstić information content (AvgIpc) is 2.48. The Labute approximate surface area is 128 Å². The van der Waals surface area contributed by atoms with Crippen LogP contribution < -0.4 is 5.32 Å². The van der Waals surface area contributed by atoms with Gasteiger partial charge in [0.15, 0.2) is 0 Å². The summed E-state index contributed by atoms with van der Waals surface area (Å²) < 4.78 is 0. The van der Waals surface area contributed by atoms with Crippen LogP contribution in [-0.4, -0.2) is 11.9 Å². The van der Waals surface area contributed by atoms with Crippen molar-refractivity contribution < 1.29 is 4.79 Å². The predicted octanol–water partition coefficient (Wildman–Crippen LogP) is 4.26. The summed E-state index contributed by atoms with van der Waals surface area (Å²) in [5.41, 5.74) is 2.48. The van der Waals surface area contributed by atoms with Crippen LogP contribution in [0, 0.1) is 5.92 Å². The molecule has 114 valence electrons. The summed E-state index contributed by atoms with van der Waals surface area (Å²) in [6.07, 6.45) is 8.45. The summed E-state index contributed by atoms with van der Waals surface area (Å²) in [6, 6.07) is 10.8. The van der Waals surface area contributed by atoms with Crippen LogP contribution in [0.1, 0.15) is 51.5 Å². The Kier molecular flexibility index (Phi) is 6.04. The van der Waals surface area contributed by atoms with Gasteiger partial charge in [0.25, 0.3) is 0 Å². The number of benzene rings is 1. The van der Waals surface area contributed by atoms with E-state index in [1.807, 2.05) is 13.0 Å². The van der Waals surface area contributed by atoms with Crippen LogP contribution >= 0.6 is 0 Å². The zero-order valence-electron chi connectivity index (χ0n) is 13.3. The number of carbonyl (C=O) groups excluding carboxylic acids is 1.